The second-order valence-electron chi connectivity index (χ2n) is 5.87. The molecule has 0 bridgehead atoms. The van der Waals surface area contributed by atoms with Crippen molar-refractivity contribution in [3.05, 3.63) is 96.1 Å². The molecule has 0 fully saturated rings. The third kappa shape index (κ3) is 4.68. The van der Waals surface area contributed by atoms with Crippen molar-refractivity contribution >= 4 is 15.7 Å². The molecule has 0 aliphatic carbocycles. The fraction of sp³-hybridized carbons (Fsp3) is 0.100. The minimum atomic E-state index is -3.68. The average Bonchev–Trinajstić information content (AvgIpc) is 2.62. The van der Waals surface area contributed by atoms with E-state index in [1.807, 2.05) is 36.4 Å². The van der Waals surface area contributed by atoms with Crippen LogP contribution in [0, 0.1) is 0 Å². The van der Waals surface area contributed by atoms with Gasteiger partial charge in [-0.2, -0.15) is 0 Å². The van der Waals surface area contributed by atoms with E-state index in [1.54, 1.807) is 24.3 Å². The van der Waals surface area contributed by atoms with Crippen LogP contribution in [0.2, 0.25) is 0 Å². The Bertz CT molecular complexity index is 867. The monoisotopic (exact) mass is 352 g/mol. The lowest BCUT2D eigenvalue weighted by atomic mass is 10.1. The van der Waals surface area contributed by atoms with Crippen LogP contribution in [0.3, 0.4) is 0 Å². The Labute approximate surface area is 148 Å². The summed E-state index contributed by atoms with van der Waals surface area (Å²) in [5.74, 6) is 0. The van der Waals surface area contributed by atoms with Crippen molar-refractivity contribution in [1.29, 1.82) is 0 Å². The van der Waals surface area contributed by atoms with Crippen LogP contribution in [0.25, 0.3) is 0 Å². The lowest BCUT2D eigenvalue weighted by Crippen LogP contribution is -2.22. The molecule has 25 heavy (non-hydrogen) atoms. The summed E-state index contributed by atoms with van der Waals surface area (Å²) < 4.78 is 22.9. The molecular formula is C20H20N2O2S. The Morgan fingerprint density at radius 2 is 1.12 bits per heavy atom. The molecule has 2 N–H and O–H groups in total. The average molecular weight is 352 g/mol. The molecule has 0 heterocycles. The third-order valence-corrected chi connectivity index (χ3v) is 4.89. The molecule has 3 aromatic carbocycles. The molecule has 3 aromatic rings. The van der Waals surface area contributed by atoms with Gasteiger partial charge in [-0.05, 0) is 35.4 Å². The van der Waals surface area contributed by atoms with E-state index in [0.29, 0.717) is 0 Å². The van der Waals surface area contributed by atoms with Crippen molar-refractivity contribution in [2.24, 2.45) is 5.14 Å². The highest BCUT2D eigenvalue weighted by molar-refractivity contribution is 7.89. The maximum absolute atomic E-state index is 11.5. The quantitative estimate of drug-likeness (QED) is 0.738. The van der Waals surface area contributed by atoms with Crippen LogP contribution in [0.5, 0.6) is 0 Å². The van der Waals surface area contributed by atoms with Gasteiger partial charge in [0.25, 0.3) is 0 Å². The first kappa shape index (κ1) is 17.2. The van der Waals surface area contributed by atoms with E-state index in [9.17, 15) is 8.42 Å². The van der Waals surface area contributed by atoms with Gasteiger partial charge in [-0.3, -0.25) is 0 Å². The molecule has 0 radical (unpaired) electrons. The lowest BCUT2D eigenvalue weighted by Gasteiger charge is -2.25. The molecule has 128 valence electrons. The zero-order valence-corrected chi connectivity index (χ0v) is 14.6. The number of primary sulfonamides is 1. The van der Waals surface area contributed by atoms with Crippen molar-refractivity contribution < 1.29 is 8.42 Å². The van der Waals surface area contributed by atoms with Crippen molar-refractivity contribution in [3.63, 3.8) is 0 Å². The summed E-state index contributed by atoms with van der Waals surface area (Å²) in [6.07, 6.45) is 0. The fourth-order valence-corrected chi connectivity index (χ4v) is 3.21. The second kappa shape index (κ2) is 7.51. The molecule has 0 spiro atoms. The number of nitrogens with zero attached hydrogens (tertiary/aromatic N) is 1. The number of nitrogens with two attached hydrogens (primary N) is 1. The van der Waals surface area contributed by atoms with E-state index in [1.165, 1.54) is 11.1 Å². The molecule has 0 aromatic heterocycles. The summed E-state index contributed by atoms with van der Waals surface area (Å²) >= 11 is 0. The van der Waals surface area contributed by atoms with Gasteiger partial charge in [0.2, 0.25) is 10.0 Å². The summed E-state index contributed by atoms with van der Waals surface area (Å²) in [7, 11) is -3.68. The smallest absolute Gasteiger partial charge is 0.238 e. The summed E-state index contributed by atoms with van der Waals surface area (Å²) in [6.45, 7) is 1.45. The standard InChI is InChI=1S/C20H20N2O2S/c21-25(23,24)20-13-11-19(12-14-20)22(15-17-7-3-1-4-8-17)16-18-9-5-2-6-10-18/h1-14H,15-16H2,(H2,21,23,24). The van der Waals surface area contributed by atoms with Gasteiger partial charge in [0.1, 0.15) is 0 Å². The zero-order chi connectivity index (χ0) is 17.7. The Balaban J connectivity index is 1.90. The number of hydrogen-bond donors (Lipinski definition) is 1. The zero-order valence-electron chi connectivity index (χ0n) is 13.7. The third-order valence-electron chi connectivity index (χ3n) is 3.96. The minimum Gasteiger partial charge on any atom is -0.363 e. The van der Waals surface area contributed by atoms with Gasteiger partial charge < -0.3 is 4.90 Å². The Morgan fingerprint density at radius 3 is 1.52 bits per heavy atom. The molecular weight excluding hydrogens is 332 g/mol. The van der Waals surface area contributed by atoms with Crippen LogP contribution in [0.4, 0.5) is 5.69 Å². The molecule has 3 rings (SSSR count). The van der Waals surface area contributed by atoms with E-state index in [0.717, 1.165) is 18.8 Å². The van der Waals surface area contributed by atoms with Crippen LogP contribution in [-0.2, 0) is 23.1 Å². The SMILES string of the molecule is NS(=O)(=O)c1ccc(N(Cc2ccccc2)Cc2ccccc2)cc1. The lowest BCUT2D eigenvalue weighted by molar-refractivity contribution is 0.598. The second-order valence-corrected chi connectivity index (χ2v) is 7.43. The van der Waals surface area contributed by atoms with Crippen LogP contribution < -0.4 is 10.0 Å². The maximum atomic E-state index is 11.5. The van der Waals surface area contributed by atoms with Gasteiger partial charge in [0.05, 0.1) is 4.90 Å². The van der Waals surface area contributed by atoms with Crippen molar-refractivity contribution in [2.75, 3.05) is 4.90 Å². The van der Waals surface area contributed by atoms with Crippen molar-refractivity contribution in [3.8, 4) is 0 Å². The van der Waals surface area contributed by atoms with Crippen LogP contribution in [-0.4, -0.2) is 8.42 Å². The molecule has 4 nitrogen and oxygen atoms in total. The number of hydrogen-bond acceptors (Lipinski definition) is 3. The molecule has 0 atom stereocenters. The summed E-state index contributed by atoms with van der Waals surface area (Å²) in [6, 6.07) is 27.1. The number of benzene rings is 3. The first-order valence-corrected chi connectivity index (χ1v) is 9.53. The molecule has 0 unspecified atom stereocenters. The van der Waals surface area contributed by atoms with Crippen molar-refractivity contribution in [2.45, 2.75) is 18.0 Å². The fourth-order valence-electron chi connectivity index (χ4n) is 2.69. The molecule has 0 amide bonds. The Kier molecular flexibility index (Phi) is 5.16. The van der Waals surface area contributed by atoms with E-state index < -0.39 is 10.0 Å². The van der Waals surface area contributed by atoms with Gasteiger partial charge in [-0.1, -0.05) is 60.7 Å². The van der Waals surface area contributed by atoms with Gasteiger partial charge in [-0.15, -0.1) is 0 Å². The number of sulfonamides is 1. The molecule has 5 heteroatoms. The predicted molar refractivity (Wildman–Crippen MR) is 101 cm³/mol. The molecule has 0 aliphatic rings. The van der Waals surface area contributed by atoms with E-state index in [2.05, 4.69) is 29.2 Å². The summed E-state index contributed by atoms with van der Waals surface area (Å²) in [4.78, 5) is 2.33. The first-order chi connectivity index (χ1) is 12.0. The molecule has 0 aliphatic heterocycles. The summed E-state index contributed by atoms with van der Waals surface area (Å²) in [5, 5.41) is 5.19. The highest BCUT2D eigenvalue weighted by Gasteiger charge is 2.11. The highest BCUT2D eigenvalue weighted by Crippen LogP contribution is 2.22. The Morgan fingerprint density at radius 1 is 0.680 bits per heavy atom. The maximum Gasteiger partial charge on any atom is 0.238 e. The normalized spacial score (nSPS) is 11.2. The van der Waals surface area contributed by atoms with Gasteiger partial charge in [-0.25, -0.2) is 13.6 Å². The Hall–Kier alpha value is -2.63. The number of anilines is 1. The molecule has 0 saturated heterocycles. The van der Waals surface area contributed by atoms with Gasteiger partial charge in [0, 0.05) is 18.8 Å². The van der Waals surface area contributed by atoms with Crippen LogP contribution in [0.1, 0.15) is 11.1 Å². The largest absolute Gasteiger partial charge is 0.363 e. The number of rotatable bonds is 6. The van der Waals surface area contributed by atoms with Gasteiger partial charge >= 0.3 is 0 Å². The van der Waals surface area contributed by atoms with Crippen LogP contribution in [0.15, 0.2) is 89.8 Å². The van der Waals surface area contributed by atoms with Gasteiger partial charge in [0.15, 0.2) is 0 Å². The molecule has 0 saturated carbocycles. The van der Waals surface area contributed by atoms with Crippen LogP contribution >= 0.6 is 0 Å². The predicted octanol–water partition coefficient (Wildman–Crippen LogP) is 3.54. The topological polar surface area (TPSA) is 63.4 Å². The summed E-state index contributed by atoms with van der Waals surface area (Å²) in [5.41, 5.74) is 3.32. The first-order valence-electron chi connectivity index (χ1n) is 7.98. The van der Waals surface area contributed by atoms with E-state index >= 15 is 0 Å². The highest BCUT2D eigenvalue weighted by atomic mass is 32.2. The van der Waals surface area contributed by atoms with E-state index in [4.69, 9.17) is 5.14 Å². The van der Waals surface area contributed by atoms with E-state index in [-0.39, 0.29) is 4.90 Å². The van der Waals surface area contributed by atoms with Crippen molar-refractivity contribution in [1.82, 2.24) is 0 Å². The minimum absolute atomic E-state index is 0.121.